The molecule has 0 fully saturated rings. The molecule has 2 aromatic carbocycles. The van der Waals surface area contributed by atoms with Crippen LogP contribution in [0.4, 0.5) is 10.5 Å². The number of anilines is 1. The molecule has 0 bridgehead atoms. The first kappa shape index (κ1) is 14.0. The van der Waals surface area contributed by atoms with Crippen LogP contribution in [0.1, 0.15) is 0 Å². The van der Waals surface area contributed by atoms with E-state index in [9.17, 15) is 4.79 Å². The summed E-state index contributed by atoms with van der Waals surface area (Å²) in [7, 11) is 0. The number of hydrogen-bond donors (Lipinski definition) is 3. The number of halogens is 1. The molecule has 3 N–H and O–H groups in total. The normalized spacial score (nSPS) is 9.85. The summed E-state index contributed by atoms with van der Waals surface area (Å²) in [5.41, 5.74) is 0.576. The Morgan fingerprint density at radius 3 is 2.40 bits per heavy atom. The Bertz CT molecular complexity index is 570. The molecule has 0 spiro atoms. The molecule has 104 valence electrons. The van der Waals surface area contributed by atoms with Crippen molar-refractivity contribution in [3.8, 4) is 11.5 Å². The Morgan fingerprint density at radius 1 is 1.10 bits per heavy atom. The molecular formula is C14H13ClN2O3. The van der Waals surface area contributed by atoms with Gasteiger partial charge in [0, 0.05) is 10.7 Å². The van der Waals surface area contributed by atoms with Gasteiger partial charge in [0.05, 0.1) is 0 Å². The average Bonchev–Trinajstić information content (AvgIpc) is 2.44. The lowest BCUT2D eigenvalue weighted by Gasteiger charge is -2.09. The van der Waals surface area contributed by atoms with Gasteiger partial charge in [-0.2, -0.15) is 0 Å². The summed E-state index contributed by atoms with van der Waals surface area (Å²) in [6.07, 6.45) is 0. The van der Waals surface area contributed by atoms with E-state index < -0.39 is 6.03 Å². The molecule has 0 aliphatic heterocycles. The van der Waals surface area contributed by atoms with Gasteiger partial charge in [-0.05, 0) is 48.5 Å². The number of rotatable bonds is 4. The monoisotopic (exact) mass is 292 g/mol. The zero-order chi connectivity index (χ0) is 14.4. The van der Waals surface area contributed by atoms with Gasteiger partial charge in [0.15, 0.2) is 6.73 Å². The van der Waals surface area contributed by atoms with Crippen molar-refractivity contribution in [1.82, 2.24) is 5.32 Å². The quantitative estimate of drug-likeness (QED) is 0.598. The fraction of sp³-hybridized carbons (Fsp3) is 0.0714. The molecular weight excluding hydrogens is 280 g/mol. The van der Waals surface area contributed by atoms with Crippen molar-refractivity contribution in [2.24, 2.45) is 0 Å². The summed E-state index contributed by atoms with van der Waals surface area (Å²) < 4.78 is 5.32. The number of ether oxygens (including phenoxy) is 1. The number of hydrogen-bond acceptors (Lipinski definition) is 3. The Morgan fingerprint density at radius 2 is 1.75 bits per heavy atom. The molecule has 0 atom stereocenters. The number of urea groups is 1. The summed E-state index contributed by atoms with van der Waals surface area (Å²) in [6.45, 7) is 0.0333. The van der Waals surface area contributed by atoms with Crippen LogP contribution in [-0.4, -0.2) is 17.9 Å². The van der Waals surface area contributed by atoms with Crippen molar-refractivity contribution in [2.45, 2.75) is 0 Å². The van der Waals surface area contributed by atoms with Gasteiger partial charge in [0.2, 0.25) is 0 Å². The van der Waals surface area contributed by atoms with E-state index in [1.165, 1.54) is 12.1 Å². The molecule has 0 saturated carbocycles. The molecule has 0 radical (unpaired) electrons. The van der Waals surface area contributed by atoms with Gasteiger partial charge in [-0.1, -0.05) is 11.6 Å². The third-order valence-corrected chi connectivity index (χ3v) is 2.66. The van der Waals surface area contributed by atoms with Crippen molar-refractivity contribution in [1.29, 1.82) is 0 Å². The van der Waals surface area contributed by atoms with Crippen molar-refractivity contribution < 1.29 is 14.6 Å². The van der Waals surface area contributed by atoms with Crippen LogP contribution >= 0.6 is 11.6 Å². The maximum Gasteiger partial charge on any atom is 0.321 e. The van der Waals surface area contributed by atoms with E-state index in [0.717, 1.165) is 0 Å². The van der Waals surface area contributed by atoms with Crippen molar-refractivity contribution in [2.75, 3.05) is 12.0 Å². The van der Waals surface area contributed by atoms with Crippen molar-refractivity contribution in [3.05, 3.63) is 53.6 Å². The van der Waals surface area contributed by atoms with E-state index in [2.05, 4.69) is 10.6 Å². The highest BCUT2D eigenvalue weighted by Crippen LogP contribution is 2.15. The Hall–Kier alpha value is -2.40. The smallest absolute Gasteiger partial charge is 0.321 e. The van der Waals surface area contributed by atoms with Crippen LogP contribution in [0, 0.1) is 0 Å². The highest BCUT2D eigenvalue weighted by atomic mass is 35.5. The van der Waals surface area contributed by atoms with Crippen LogP contribution in [0.5, 0.6) is 11.5 Å². The zero-order valence-corrected chi connectivity index (χ0v) is 11.2. The topological polar surface area (TPSA) is 70.6 Å². The standard InChI is InChI=1S/C14H13ClN2O3/c15-10-1-7-13(8-2-10)20-9-16-14(19)17-11-3-5-12(18)6-4-11/h1-8,18H,9H2,(H2,16,17,19). The molecule has 2 aromatic rings. The zero-order valence-electron chi connectivity index (χ0n) is 10.5. The average molecular weight is 293 g/mol. The third kappa shape index (κ3) is 4.37. The third-order valence-electron chi connectivity index (χ3n) is 2.41. The lowest BCUT2D eigenvalue weighted by Crippen LogP contribution is -2.31. The molecule has 0 aliphatic carbocycles. The fourth-order valence-corrected chi connectivity index (χ4v) is 1.56. The number of phenols is 1. The summed E-state index contributed by atoms with van der Waals surface area (Å²) in [5.74, 6) is 0.751. The number of benzene rings is 2. The first-order valence-corrected chi connectivity index (χ1v) is 6.23. The first-order valence-electron chi connectivity index (χ1n) is 5.86. The molecule has 2 amide bonds. The molecule has 2 rings (SSSR count). The van der Waals surface area contributed by atoms with Crippen LogP contribution in [0.3, 0.4) is 0 Å². The number of nitrogens with one attached hydrogen (secondary N) is 2. The Labute approximate surface area is 121 Å². The van der Waals surface area contributed by atoms with Crippen LogP contribution in [0.2, 0.25) is 5.02 Å². The molecule has 0 unspecified atom stereocenters. The van der Waals surface area contributed by atoms with Gasteiger partial charge in [-0.3, -0.25) is 0 Å². The van der Waals surface area contributed by atoms with Gasteiger partial charge < -0.3 is 20.5 Å². The Kier molecular flexibility index (Phi) is 4.68. The van der Waals surface area contributed by atoms with E-state index >= 15 is 0 Å². The van der Waals surface area contributed by atoms with Gasteiger partial charge >= 0.3 is 6.03 Å². The number of carbonyl (C=O) groups excluding carboxylic acids is 1. The minimum atomic E-state index is -0.398. The van der Waals surface area contributed by atoms with E-state index in [1.807, 2.05) is 0 Å². The molecule has 6 heteroatoms. The SMILES string of the molecule is O=C(NCOc1ccc(Cl)cc1)Nc1ccc(O)cc1. The Balaban J connectivity index is 1.75. The highest BCUT2D eigenvalue weighted by molar-refractivity contribution is 6.30. The maximum absolute atomic E-state index is 11.6. The first-order chi connectivity index (χ1) is 9.63. The summed E-state index contributed by atoms with van der Waals surface area (Å²) in [5, 5.41) is 14.9. The molecule has 0 aromatic heterocycles. The largest absolute Gasteiger partial charge is 0.508 e. The lowest BCUT2D eigenvalue weighted by molar-refractivity contribution is 0.234. The van der Waals surface area contributed by atoms with E-state index in [1.54, 1.807) is 36.4 Å². The fourth-order valence-electron chi connectivity index (χ4n) is 1.44. The van der Waals surface area contributed by atoms with E-state index in [-0.39, 0.29) is 12.5 Å². The van der Waals surface area contributed by atoms with Crippen LogP contribution in [0.15, 0.2) is 48.5 Å². The van der Waals surface area contributed by atoms with Crippen LogP contribution in [0.25, 0.3) is 0 Å². The van der Waals surface area contributed by atoms with Crippen LogP contribution in [-0.2, 0) is 0 Å². The van der Waals surface area contributed by atoms with Gasteiger partial charge in [0.25, 0.3) is 0 Å². The van der Waals surface area contributed by atoms with E-state index in [0.29, 0.717) is 16.5 Å². The number of phenolic OH excluding ortho intramolecular Hbond substituents is 1. The minimum Gasteiger partial charge on any atom is -0.508 e. The number of carbonyl (C=O) groups is 1. The number of amides is 2. The second-order valence-electron chi connectivity index (χ2n) is 3.92. The van der Waals surface area contributed by atoms with Gasteiger partial charge in [-0.15, -0.1) is 0 Å². The van der Waals surface area contributed by atoms with Crippen molar-refractivity contribution >= 4 is 23.3 Å². The maximum atomic E-state index is 11.6. The molecule has 5 nitrogen and oxygen atoms in total. The predicted molar refractivity (Wildman–Crippen MR) is 77.2 cm³/mol. The van der Waals surface area contributed by atoms with Crippen LogP contribution < -0.4 is 15.4 Å². The highest BCUT2D eigenvalue weighted by Gasteiger charge is 2.01. The number of aromatic hydroxyl groups is 1. The minimum absolute atomic E-state index is 0.0333. The summed E-state index contributed by atoms with van der Waals surface area (Å²) in [4.78, 5) is 11.6. The van der Waals surface area contributed by atoms with Gasteiger partial charge in [-0.25, -0.2) is 4.79 Å². The molecule has 0 heterocycles. The van der Waals surface area contributed by atoms with Gasteiger partial charge in [0.1, 0.15) is 11.5 Å². The summed E-state index contributed by atoms with van der Waals surface area (Å²) in [6, 6.07) is 12.6. The molecule has 0 saturated heterocycles. The predicted octanol–water partition coefficient (Wildman–Crippen LogP) is 3.20. The second-order valence-corrected chi connectivity index (χ2v) is 4.36. The van der Waals surface area contributed by atoms with E-state index in [4.69, 9.17) is 21.4 Å². The molecule has 0 aliphatic rings. The lowest BCUT2D eigenvalue weighted by atomic mass is 10.3. The molecule has 20 heavy (non-hydrogen) atoms. The second kappa shape index (κ2) is 6.68. The summed E-state index contributed by atoms with van der Waals surface area (Å²) >= 11 is 5.74. The van der Waals surface area contributed by atoms with Crippen molar-refractivity contribution in [3.63, 3.8) is 0 Å².